The largest absolute Gasteiger partial charge is 0.378 e. The van der Waals surface area contributed by atoms with Gasteiger partial charge in [0.05, 0.1) is 6.10 Å². The van der Waals surface area contributed by atoms with Crippen LogP contribution in [-0.2, 0) is 4.74 Å². The molecule has 3 atom stereocenters. The van der Waals surface area contributed by atoms with Crippen LogP contribution >= 0.6 is 11.8 Å². The van der Waals surface area contributed by atoms with Gasteiger partial charge in [-0.1, -0.05) is 13.8 Å². The van der Waals surface area contributed by atoms with Crippen molar-refractivity contribution < 1.29 is 4.74 Å². The number of ether oxygens (including phenoxy) is 1. The summed E-state index contributed by atoms with van der Waals surface area (Å²) < 4.78 is 5.81. The van der Waals surface area contributed by atoms with Crippen molar-refractivity contribution in [3.63, 3.8) is 0 Å². The maximum Gasteiger partial charge on any atom is 0.0590 e. The fourth-order valence-corrected chi connectivity index (χ4v) is 4.13. The third kappa shape index (κ3) is 2.98. The molecule has 0 aromatic heterocycles. The molecular weight excluding hydrogens is 232 g/mol. The molecule has 0 aromatic rings. The number of rotatable bonds is 3. The molecule has 3 unspecified atom stereocenters. The van der Waals surface area contributed by atoms with Gasteiger partial charge in [0, 0.05) is 42.8 Å². The Morgan fingerprint density at radius 1 is 1.53 bits per heavy atom. The van der Waals surface area contributed by atoms with Crippen molar-refractivity contribution >= 4 is 11.8 Å². The van der Waals surface area contributed by atoms with Crippen molar-refractivity contribution in [1.82, 2.24) is 4.90 Å². The van der Waals surface area contributed by atoms with Crippen molar-refractivity contribution in [3.05, 3.63) is 0 Å². The zero-order chi connectivity index (χ0) is 12.3. The third-order valence-electron chi connectivity index (χ3n) is 4.28. The van der Waals surface area contributed by atoms with Gasteiger partial charge >= 0.3 is 0 Å². The molecule has 100 valence electrons. The van der Waals surface area contributed by atoms with Crippen LogP contribution in [0.2, 0.25) is 0 Å². The van der Waals surface area contributed by atoms with Crippen LogP contribution < -0.4 is 5.73 Å². The molecule has 3 nitrogen and oxygen atoms in total. The van der Waals surface area contributed by atoms with E-state index in [0.717, 1.165) is 37.7 Å². The summed E-state index contributed by atoms with van der Waals surface area (Å²) >= 11 is 2.09. The minimum atomic E-state index is 0.216. The highest BCUT2D eigenvalue weighted by atomic mass is 32.2. The summed E-state index contributed by atoms with van der Waals surface area (Å²) in [5, 5.41) is 0.745. The molecule has 17 heavy (non-hydrogen) atoms. The first-order valence-corrected chi connectivity index (χ1v) is 7.93. The molecule has 4 heteroatoms. The van der Waals surface area contributed by atoms with Gasteiger partial charge in [-0.15, -0.1) is 0 Å². The first-order valence-electron chi connectivity index (χ1n) is 6.88. The minimum absolute atomic E-state index is 0.216. The molecule has 2 rings (SSSR count). The van der Waals surface area contributed by atoms with Crippen LogP contribution in [0.25, 0.3) is 0 Å². The second-order valence-electron chi connectivity index (χ2n) is 5.41. The lowest BCUT2D eigenvalue weighted by Gasteiger charge is -2.50. The normalized spacial score (nSPS) is 40.4. The lowest BCUT2D eigenvalue weighted by molar-refractivity contribution is -0.0709. The summed E-state index contributed by atoms with van der Waals surface area (Å²) in [6.45, 7) is 8.60. The lowest BCUT2D eigenvalue weighted by atomic mass is 9.83. The maximum absolute atomic E-state index is 6.13. The van der Waals surface area contributed by atoms with Crippen molar-refractivity contribution in [2.45, 2.75) is 50.0 Å². The predicted molar refractivity (Wildman–Crippen MR) is 74.5 cm³/mol. The van der Waals surface area contributed by atoms with E-state index in [4.69, 9.17) is 10.5 Å². The Labute approximate surface area is 109 Å². The zero-order valence-electron chi connectivity index (χ0n) is 11.2. The molecule has 2 aliphatic rings. The average Bonchev–Trinajstić information content (AvgIpc) is 2.38. The van der Waals surface area contributed by atoms with Gasteiger partial charge in [0.25, 0.3) is 0 Å². The Morgan fingerprint density at radius 3 is 3.00 bits per heavy atom. The molecule has 0 saturated carbocycles. The van der Waals surface area contributed by atoms with Crippen LogP contribution in [0.1, 0.15) is 33.1 Å². The first-order chi connectivity index (χ1) is 8.20. The lowest BCUT2D eigenvalue weighted by Crippen LogP contribution is -2.61. The number of hydrogen-bond acceptors (Lipinski definition) is 4. The van der Waals surface area contributed by atoms with E-state index in [1.165, 1.54) is 18.8 Å². The Morgan fingerprint density at radius 2 is 2.35 bits per heavy atom. The molecule has 2 heterocycles. The summed E-state index contributed by atoms with van der Waals surface area (Å²) in [5.74, 6) is 1.25. The Hall–Kier alpha value is 0.230. The molecule has 2 fully saturated rings. The molecule has 0 radical (unpaired) electrons. The van der Waals surface area contributed by atoms with Gasteiger partial charge in [0.2, 0.25) is 0 Å². The van der Waals surface area contributed by atoms with E-state index in [9.17, 15) is 0 Å². The summed E-state index contributed by atoms with van der Waals surface area (Å²) in [5.41, 5.74) is 6.34. The number of thioether (sulfide) groups is 1. The monoisotopic (exact) mass is 258 g/mol. The smallest absolute Gasteiger partial charge is 0.0590 e. The third-order valence-corrected chi connectivity index (χ3v) is 5.41. The second kappa shape index (κ2) is 5.91. The predicted octanol–water partition coefficient (Wildman–Crippen LogP) is 1.71. The molecule has 0 aromatic carbocycles. The van der Waals surface area contributed by atoms with Gasteiger partial charge in [-0.3, -0.25) is 4.90 Å². The topological polar surface area (TPSA) is 38.5 Å². The number of nitrogens with two attached hydrogens (primary N) is 1. The van der Waals surface area contributed by atoms with Gasteiger partial charge in [0.1, 0.15) is 0 Å². The van der Waals surface area contributed by atoms with Crippen molar-refractivity contribution in [2.75, 3.05) is 32.0 Å². The van der Waals surface area contributed by atoms with Gasteiger partial charge < -0.3 is 10.5 Å². The van der Waals surface area contributed by atoms with E-state index in [1.54, 1.807) is 0 Å². The molecular formula is C13H26N2OS. The molecule has 0 amide bonds. The van der Waals surface area contributed by atoms with E-state index in [0.29, 0.717) is 6.10 Å². The van der Waals surface area contributed by atoms with Gasteiger partial charge in [0.15, 0.2) is 0 Å². The van der Waals surface area contributed by atoms with Crippen LogP contribution in [0.5, 0.6) is 0 Å². The van der Waals surface area contributed by atoms with E-state index in [-0.39, 0.29) is 5.54 Å². The van der Waals surface area contributed by atoms with Gasteiger partial charge in [-0.25, -0.2) is 0 Å². The molecule has 2 aliphatic heterocycles. The van der Waals surface area contributed by atoms with Crippen LogP contribution in [0.15, 0.2) is 0 Å². The highest BCUT2D eigenvalue weighted by Gasteiger charge is 2.41. The molecule has 2 saturated heterocycles. The summed E-state index contributed by atoms with van der Waals surface area (Å²) in [4.78, 5) is 2.65. The summed E-state index contributed by atoms with van der Waals surface area (Å²) in [6.07, 6.45) is 3.76. The van der Waals surface area contributed by atoms with Gasteiger partial charge in [-0.05, 0) is 19.3 Å². The summed E-state index contributed by atoms with van der Waals surface area (Å²) in [7, 11) is 0. The standard InChI is InChI=1S/C13H26N2OS/c1-3-12-8-13(10-14,4-6-16-12)15-5-7-17-11(2)9-15/h11-12H,3-10,14H2,1-2H3. The quantitative estimate of drug-likeness (QED) is 0.836. The number of hydrogen-bond donors (Lipinski definition) is 1. The molecule has 0 spiro atoms. The minimum Gasteiger partial charge on any atom is -0.378 e. The number of nitrogens with zero attached hydrogens (tertiary/aromatic N) is 1. The van der Waals surface area contributed by atoms with Crippen LogP contribution in [0.4, 0.5) is 0 Å². The maximum atomic E-state index is 6.13. The van der Waals surface area contributed by atoms with Crippen molar-refractivity contribution in [2.24, 2.45) is 5.73 Å². The Bertz CT molecular complexity index is 252. The van der Waals surface area contributed by atoms with Crippen molar-refractivity contribution in [1.29, 1.82) is 0 Å². The highest BCUT2D eigenvalue weighted by molar-refractivity contribution is 7.99. The van der Waals surface area contributed by atoms with Crippen LogP contribution in [0, 0.1) is 0 Å². The second-order valence-corrected chi connectivity index (χ2v) is 6.96. The summed E-state index contributed by atoms with van der Waals surface area (Å²) in [6, 6.07) is 0. The highest BCUT2D eigenvalue weighted by Crippen LogP contribution is 2.34. The fraction of sp³-hybridized carbons (Fsp3) is 1.00. The SMILES string of the molecule is CCC1CC(CN)(N2CCSC(C)C2)CCO1. The van der Waals surface area contributed by atoms with E-state index >= 15 is 0 Å². The van der Waals surface area contributed by atoms with Crippen molar-refractivity contribution in [3.8, 4) is 0 Å². The van der Waals surface area contributed by atoms with Crippen LogP contribution in [0.3, 0.4) is 0 Å². The Balaban J connectivity index is 2.06. The van der Waals surface area contributed by atoms with Crippen LogP contribution in [-0.4, -0.2) is 53.8 Å². The van der Waals surface area contributed by atoms with Gasteiger partial charge in [-0.2, -0.15) is 11.8 Å². The zero-order valence-corrected chi connectivity index (χ0v) is 12.0. The van der Waals surface area contributed by atoms with E-state index in [1.807, 2.05) is 0 Å². The molecule has 2 N–H and O–H groups in total. The molecule has 0 aliphatic carbocycles. The van der Waals surface area contributed by atoms with E-state index < -0.39 is 0 Å². The van der Waals surface area contributed by atoms with E-state index in [2.05, 4.69) is 30.5 Å². The average molecular weight is 258 g/mol. The fourth-order valence-electron chi connectivity index (χ4n) is 3.11. The molecule has 0 bridgehead atoms. The Kier molecular flexibility index (Phi) is 4.75. The first kappa shape index (κ1) is 13.7.